The van der Waals surface area contributed by atoms with Gasteiger partial charge in [-0.3, -0.25) is 14.6 Å². The molecule has 1 fully saturated rings. The van der Waals surface area contributed by atoms with Crippen molar-refractivity contribution in [2.45, 2.75) is 25.8 Å². The largest absolute Gasteiger partial charge is 0.352 e. The molecule has 0 atom stereocenters. The lowest BCUT2D eigenvalue weighted by molar-refractivity contribution is -0.120. The number of pyridine rings is 1. The van der Waals surface area contributed by atoms with Gasteiger partial charge >= 0.3 is 0 Å². The van der Waals surface area contributed by atoms with Gasteiger partial charge in [-0.05, 0) is 31.9 Å². The topological polar surface area (TPSA) is 71.1 Å². The van der Waals surface area contributed by atoms with Gasteiger partial charge in [-0.25, -0.2) is 0 Å². The first-order valence-electron chi connectivity index (χ1n) is 7.07. The molecule has 0 aliphatic heterocycles. The number of hydrogen-bond acceptors (Lipinski definition) is 3. The van der Waals surface area contributed by atoms with E-state index in [-0.39, 0.29) is 18.4 Å². The minimum absolute atomic E-state index is 0.00499. The van der Waals surface area contributed by atoms with Crippen LogP contribution in [0.4, 0.5) is 0 Å². The van der Waals surface area contributed by atoms with Gasteiger partial charge in [0.25, 0.3) is 5.91 Å². The highest BCUT2D eigenvalue weighted by Gasteiger charge is 2.23. The number of carbonyl (C=O) groups excluding carboxylic acids is 2. The van der Waals surface area contributed by atoms with Gasteiger partial charge in [0.15, 0.2) is 0 Å². The van der Waals surface area contributed by atoms with Crippen molar-refractivity contribution >= 4 is 22.7 Å². The van der Waals surface area contributed by atoms with Crippen LogP contribution in [0.2, 0.25) is 0 Å². The summed E-state index contributed by atoms with van der Waals surface area (Å²) in [6, 6.07) is 9.55. The van der Waals surface area contributed by atoms with E-state index in [4.69, 9.17) is 0 Å². The summed E-state index contributed by atoms with van der Waals surface area (Å²) in [7, 11) is 0. The summed E-state index contributed by atoms with van der Waals surface area (Å²) < 4.78 is 0. The number of amides is 2. The van der Waals surface area contributed by atoms with Gasteiger partial charge in [-0.15, -0.1) is 0 Å². The van der Waals surface area contributed by atoms with Crippen LogP contribution >= 0.6 is 0 Å². The number of hydrogen-bond donors (Lipinski definition) is 2. The molecule has 0 unspecified atom stereocenters. The summed E-state index contributed by atoms with van der Waals surface area (Å²) in [6.45, 7) is 1.86. The molecule has 108 valence electrons. The number of nitrogens with one attached hydrogen (secondary N) is 2. The molecular formula is C16H17N3O2. The molecule has 1 aromatic heterocycles. The maximum absolute atomic E-state index is 12.3. The molecule has 2 aromatic rings. The molecule has 3 rings (SSSR count). The van der Waals surface area contributed by atoms with Gasteiger partial charge < -0.3 is 10.6 Å². The zero-order chi connectivity index (χ0) is 14.8. The van der Waals surface area contributed by atoms with Gasteiger partial charge in [0, 0.05) is 17.1 Å². The molecule has 5 heteroatoms. The maximum atomic E-state index is 12.3. The van der Waals surface area contributed by atoms with E-state index in [0.717, 1.165) is 29.4 Å². The summed E-state index contributed by atoms with van der Waals surface area (Å²) in [5, 5.41) is 6.31. The SMILES string of the molecule is Cc1cc(C(=O)NCC(=O)NC2CC2)c2ccccc2n1. The Morgan fingerprint density at radius 2 is 2.05 bits per heavy atom. The predicted octanol–water partition coefficient (Wildman–Crippen LogP) is 1.55. The quantitative estimate of drug-likeness (QED) is 0.894. The van der Waals surface area contributed by atoms with E-state index in [1.165, 1.54) is 0 Å². The molecule has 1 aliphatic carbocycles. The number of benzene rings is 1. The number of nitrogens with zero attached hydrogens (tertiary/aromatic N) is 1. The average Bonchev–Trinajstić information content (AvgIpc) is 3.27. The average molecular weight is 283 g/mol. The van der Waals surface area contributed by atoms with Crippen molar-refractivity contribution in [3.05, 3.63) is 41.6 Å². The number of aryl methyl sites for hydroxylation is 1. The number of para-hydroxylation sites is 1. The molecule has 0 radical (unpaired) electrons. The molecular weight excluding hydrogens is 266 g/mol. The highest BCUT2D eigenvalue weighted by molar-refractivity contribution is 6.07. The van der Waals surface area contributed by atoms with Crippen molar-refractivity contribution in [3.63, 3.8) is 0 Å². The van der Waals surface area contributed by atoms with Gasteiger partial charge in [0.1, 0.15) is 0 Å². The molecule has 1 heterocycles. The minimum Gasteiger partial charge on any atom is -0.352 e. The molecule has 0 spiro atoms. The van der Waals surface area contributed by atoms with E-state index in [2.05, 4.69) is 15.6 Å². The summed E-state index contributed by atoms with van der Waals surface area (Å²) in [4.78, 5) is 28.3. The van der Waals surface area contributed by atoms with Crippen molar-refractivity contribution < 1.29 is 9.59 Å². The van der Waals surface area contributed by atoms with Crippen LogP contribution in [-0.4, -0.2) is 29.4 Å². The fourth-order valence-electron chi connectivity index (χ4n) is 2.26. The van der Waals surface area contributed by atoms with E-state index in [1.54, 1.807) is 6.07 Å². The number of rotatable bonds is 4. The van der Waals surface area contributed by atoms with E-state index in [0.29, 0.717) is 11.6 Å². The van der Waals surface area contributed by atoms with Crippen molar-refractivity contribution in [2.24, 2.45) is 0 Å². The second kappa shape index (κ2) is 5.52. The maximum Gasteiger partial charge on any atom is 0.252 e. The Labute approximate surface area is 122 Å². The van der Waals surface area contributed by atoms with Crippen molar-refractivity contribution in [1.29, 1.82) is 0 Å². The van der Waals surface area contributed by atoms with Crippen LogP contribution in [-0.2, 0) is 4.79 Å². The van der Waals surface area contributed by atoms with E-state index in [1.807, 2.05) is 31.2 Å². The molecule has 1 saturated carbocycles. The second-order valence-corrected chi connectivity index (χ2v) is 5.35. The van der Waals surface area contributed by atoms with Gasteiger partial charge in [-0.2, -0.15) is 0 Å². The number of fused-ring (bicyclic) bond motifs is 1. The smallest absolute Gasteiger partial charge is 0.252 e. The molecule has 0 saturated heterocycles. The Bertz CT molecular complexity index is 708. The summed E-state index contributed by atoms with van der Waals surface area (Å²) in [6.07, 6.45) is 2.07. The molecule has 1 aromatic carbocycles. The third kappa shape index (κ3) is 3.18. The van der Waals surface area contributed by atoms with Crippen LogP contribution in [0, 0.1) is 6.92 Å². The van der Waals surface area contributed by atoms with Crippen LogP contribution in [0.15, 0.2) is 30.3 Å². The fraction of sp³-hybridized carbons (Fsp3) is 0.312. The lowest BCUT2D eigenvalue weighted by Gasteiger charge is -2.09. The normalized spacial score (nSPS) is 14.0. The third-order valence-corrected chi connectivity index (χ3v) is 3.44. The van der Waals surface area contributed by atoms with Crippen LogP contribution in [0.1, 0.15) is 28.9 Å². The summed E-state index contributed by atoms with van der Waals surface area (Å²) in [5.74, 6) is -0.386. The number of carbonyl (C=O) groups is 2. The van der Waals surface area contributed by atoms with E-state index in [9.17, 15) is 9.59 Å². The molecule has 1 aliphatic rings. The fourth-order valence-corrected chi connectivity index (χ4v) is 2.26. The third-order valence-electron chi connectivity index (χ3n) is 3.44. The lowest BCUT2D eigenvalue weighted by Crippen LogP contribution is -2.37. The van der Waals surface area contributed by atoms with Gasteiger partial charge in [0.2, 0.25) is 5.91 Å². The standard InChI is InChI=1S/C16H17N3O2/c1-10-8-13(12-4-2-3-5-14(12)18-10)16(21)17-9-15(20)19-11-6-7-11/h2-5,8,11H,6-7,9H2,1H3,(H,17,21)(H,19,20). The van der Waals surface area contributed by atoms with Crippen molar-refractivity contribution in [2.75, 3.05) is 6.54 Å². The Hall–Kier alpha value is -2.43. The Morgan fingerprint density at radius 1 is 1.29 bits per heavy atom. The predicted molar refractivity (Wildman–Crippen MR) is 80.0 cm³/mol. The monoisotopic (exact) mass is 283 g/mol. The van der Waals surface area contributed by atoms with Crippen molar-refractivity contribution in [3.8, 4) is 0 Å². The second-order valence-electron chi connectivity index (χ2n) is 5.35. The summed E-state index contributed by atoms with van der Waals surface area (Å²) in [5.41, 5.74) is 2.11. The number of aromatic nitrogens is 1. The van der Waals surface area contributed by atoms with Crippen molar-refractivity contribution in [1.82, 2.24) is 15.6 Å². The Balaban J connectivity index is 1.75. The molecule has 5 nitrogen and oxygen atoms in total. The van der Waals surface area contributed by atoms with E-state index >= 15 is 0 Å². The molecule has 2 N–H and O–H groups in total. The van der Waals surface area contributed by atoms with Crippen LogP contribution in [0.5, 0.6) is 0 Å². The Morgan fingerprint density at radius 3 is 2.81 bits per heavy atom. The van der Waals surface area contributed by atoms with E-state index < -0.39 is 0 Å². The van der Waals surface area contributed by atoms with Crippen LogP contribution < -0.4 is 10.6 Å². The van der Waals surface area contributed by atoms with Crippen LogP contribution in [0.25, 0.3) is 10.9 Å². The lowest BCUT2D eigenvalue weighted by atomic mass is 10.1. The van der Waals surface area contributed by atoms with Gasteiger partial charge in [0.05, 0.1) is 17.6 Å². The highest BCUT2D eigenvalue weighted by atomic mass is 16.2. The molecule has 2 amide bonds. The first kappa shape index (κ1) is 13.5. The zero-order valence-electron chi connectivity index (χ0n) is 11.8. The van der Waals surface area contributed by atoms with Crippen LogP contribution in [0.3, 0.4) is 0 Å². The summed E-state index contributed by atoms with van der Waals surface area (Å²) >= 11 is 0. The Kier molecular flexibility index (Phi) is 3.56. The van der Waals surface area contributed by atoms with Gasteiger partial charge in [-0.1, -0.05) is 18.2 Å². The highest BCUT2D eigenvalue weighted by Crippen LogP contribution is 2.19. The molecule has 0 bridgehead atoms. The zero-order valence-corrected chi connectivity index (χ0v) is 11.8. The minimum atomic E-state index is -0.248. The first-order valence-corrected chi connectivity index (χ1v) is 7.07. The first-order chi connectivity index (χ1) is 10.1. The molecule has 21 heavy (non-hydrogen) atoms.